The number of para-hydroxylation sites is 1. The number of hydrogen-bond acceptors (Lipinski definition) is 2. The average molecular weight is 389 g/mol. The quantitative estimate of drug-likeness (QED) is 0.497. The van der Waals surface area contributed by atoms with Gasteiger partial charge in [-0.15, -0.1) is 0 Å². The average Bonchev–Trinajstić information content (AvgIpc) is 3.55. The molecule has 0 saturated heterocycles. The van der Waals surface area contributed by atoms with Gasteiger partial charge in [-0.1, -0.05) is 42.5 Å². The molecule has 1 aliphatic rings. The van der Waals surface area contributed by atoms with Crippen LogP contribution in [-0.2, 0) is 6.54 Å². The molecular weight excluding hydrogens is 365 g/mol. The number of amides is 1. The smallest absolute Gasteiger partial charge is 0.254 e. The van der Waals surface area contributed by atoms with Crippen molar-refractivity contribution in [2.75, 3.05) is 6.54 Å². The number of ether oxygens (including phenoxy) is 1. The first-order valence-corrected chi connectivity index (χ1v) is 9.96. The third kappa shape index (κ3) is 4.83. The van der Waals surface area contributed by atoms with Gasteiger partial charge in [-0.2, -0.15) is 0 Å². The van der Waals surface area contributed by atoms with Crippen molar-refractivity contribution in [1.82, 2.24) is 4.90 Å². The van der Waals surface area contributed by atoms with Crippen molar-refractivity contribution in [2.24, 2.45) is 5.92 Å². The number of halogens is 1. The highest BCUT2D eigenvalue weighted by Gasteiger charge is 2.27. The van der Waals surface area contributed by atoms with E-state index < -0.39 is 5.82 Å². The predicted molar refractivity (Wildman–Crippen MR) is 112 cm³/mol. The lowest BCUT2D eigenvalue weighted by molar-refractivity contribution is 0.0735. The molecule has 0 atom stereocenters. The summed E-state index contributed by atoms with van der Waals surface area (Å²) in [5.41, 5.74) is 2.46. The van der Waals surface area contributed by atoms with E-state index in [0.29, 0.717) is 23.8 Å². The van der Waals surface area contributed by atoms with Gasteiger partial charge in [0.15, 0.2) is 11.6 Å². The molecule has 148 valence electrons. The molecule has 1 saturated carbocycles. The molecule has 3 aromatic carbocycles. The summed E-state index contributed by atoms with van der Waals surface area (Å²) in [6.45, 7) is 3.18. The Morgan fingerprint density at radius 2 is 1.72 bits per heavy atom. The second-order valence-electron chi connectivity index (χ2n) is 7.63. The lowest BCUT2D eigenvalue weighted by Crippen LogP contribution is -2.32. The molecule has 0 aliphatic heterocycles. The minimum absolute atomic E-state index is 0.00868. The van der Waals surface area contributed by atoms with Crippen LogP contribution in [0.2, 0.25) is 0 Å². The summed E-state index contributed by atoms with van der Waals surface area (Å²) >= 11 is 0. The van der Waals surface area contributed by atoms with Gasteiger partial charge in [-0.3, -0.25) is 4.79 Å². The summed E-state index contributed by atoms with van der Waals surface area (Å²) in [5.74, 6) is 0.935. The number of benzene rings is 3. The van der Waals surface area contributed by atoms with Crippen LogP contribution in [0.5, 0.6) is 11.5 Å². The van der Waals surface area contributed by atoms with Crippen LogP contribution in [0.25, 0.3) is 0 Å². The van der Waals surface area contributed by atoms with E-state index in [2.05, 4.69) is 0 Å². The summed E-state index contributed by atoms with van der Waals surface area (Å²) in [4.78, 5) is 15.0. The minimum atomic E-state index is -0.399. The molecule has 3 nitrogen and oxygen atoms in total. The number of rotatable bonds is 7. The molecule has 1 fully saturated rings. The maximum Gasteiger partial charge on any atom is 0.254 e. The highest BCUT2D eigenvalue weighted by atomic mass is 19.1. The van der Waals surface area contributed by atoms with Crippen LogP contribution in [0, 0.1) is 18.7 Å². The second-order valence-corrected chi connectivity index (χ2v) is 7.63. The van der Waals surface area contributed by atoms with Gasteiger partial charge in [0.25, 0.3) is 5.91 Å². The van der Waals surface area contributed by atoms with Gasteiger partial charge in [0.1, 0.15) is 5.75 Å². The fraction of sp³-hybridized carbons (Fsp3) is 0.240. The first kappa shape index (κ1) is 19.2. The first-order valence-electron chi connectivity index (χ1n) is 9.96. The summed E-state index contributed by atoms with van der Waals surface area (Å²) < 4.78 is 19.7. The Labute approximate surface area is 170 Å². The van der Waals surface area contributed by atoms with Gasteiger partial charge in [0.2, 0.25) is 0 Å². The van der Waals surface area contributed by atoms with E-state index in [1.165, 1.54) is 18.9 Å². The largest absolute Gasteiger partial charge is 0.454 e. The van der Waals surface area contributed by atoms with Crippen LogP contribution < -0.4 is 4.74 Å². The summed E-state index contributed by atoms with van der Waals surface area (Å²) in [6, 6.07) is 21.8. The van der Waals surface area contributed by atoms with Crippen LogP contribution in [0.1, 0.15) is 34.3 Å². The van der Waals surface area contributed by atoms with Gasteiger partial charge < -0.3 is 9.64 Å². The minimum Gasteiger partial charge on any atom is -0.454 e. The molecular formula is C25H24FNO2. The van der Waals surface area contributed by atoms with Gasteiger partial charge in [0, 0.05) is 18.7 Å². The SMILES string of the molecule is Cc1cccc(F)c1Oc1ccc(C(=O)N(Cc2ccccc2)CC2CC2)cc1. The molecule has 0 bridgehead atoms. The highest BCUT2D eigenvalue weighted by molar-refractivity contribution is 5.94. The highest BCUT2D eigenvalue weighted by Crippen LogP contribution is 2.31. The molecule has 1 aliphatic carbocycles. The van der Waals surface area contributed by atoms with E-state index in [4.69, 9.17) is 4.74 Å². The van der Waals surface area contributed by atoms with Crippen molar-refractivity contribution < 1.29 is 13.9 Å². The molecule has 0 aromatic heterocycles. The van der Waals surface area contributed by atoms with E-state index in [1.807, 2.05) is 35.2 Å². The number of carbonyl (C=O) groups excluding carboxylic acids is 1. The monoisotopic (exact) mass is 389 g/mol. The molecule has 29 heavy (non-hydrogen) atoms. The van der Waals surface area contributed by atoms with Crippen LogP contribution in [-0.4, -0.2) is 17.4 Å². The van der Waals surface area contributed by atoms with E-state index in [0.717, 1.165) is 17.7 Å². The van der Waals surface area contributed by atoms with Crippen molar-refractivity contribution in [3.05, 3.63) is 95.3 Å². The zero-order valence-electron chi connectivity index (χ0n) is 16.5. The molecule has 0 unspecified atom stereocenters. The summed E-state index contributed by atoms with van der Waals surface area (Å²) in [7, 11) is 0. The van der Waals surface area contributed by atoms with Gasteiger partial charge in [0.05, 0.1) is 0 Å². The Balaban J connectivity index is 1.49. The zero-order valence-corrected chi connectivity index (χ0v) is 16.5. The van der Waals surface area contributed by atoms with Gasteiger partial charge >= 0.3 is 0 Å². The van der Waals surface area contributed by atoms with E-state index in [9.17, 15) is 9.18 Å². The standard InChI is InChI=1S/C25H24FNO2/c1-18-6-5-9-23(26)24(18)29-22-14-12-21(13-15-22)25(28)27(17-20-10-11-20)16-19-7-3-2-4-8-19/h2-9,12-15,20H,10-11,16-17H2,1H3. The third-order valence-corrected chi connectivity index (χ3v) is 5.16. The predicted octanol–water partition coefficient (Wildman–Crippen LogP) is 5.98. The molecule has 4 rings (SSSR count). The molecule has 4 heteroatoms. The molecule has 0 N–H and O–H groups in total. The topological polar surface area (TPSA) is 29.5 Å². The number of nitrogens with zero attached hydrogens (tertiary/aromatic N) is 1. The number of carbonyl (C=O) groups is 1. The van der Waals surface area contributed by atoms with Crippen molar-refractivity contribution in [3.8, 4) is 11.5 Å². The van der Waals surface area contributed by atoms with Crippen LogP contribution in [0.15, 0.2) is 72.8 Å². The van der Waals surface area contributed by atoms with Crippen LogP contribution in [0.4, 0.5) is 4.39 Å². The number of aryl methyl sites for hydroxylation is 1. The molecule has 0 spiro atoms. The molecule has 3 aromatic rings. The van der Waals surface area contributed by atoms with E-state index >= 15 is 0 Å². The summed E-state index contributed by atoms with van der Waals surface area (Å²) in [5, 5.41) is 0. The maximum atomic E-state index is 14.0. The Hall–Kier alpha value is -3.14. The first-order chi connectivity index (χ1) is 14.1. The van der Waals surface area contributed by atoms with Crippen molar-refractivity contribution in [1.29, 1.82) is 0 Å². The Morgan fingerprint density at radius 1 is 1.00 bits per heavy atom. The van der Waals surface area contributed by atoms with Crippen molar-refractivity contribution in [3.63, 3.8) is 0 Å². The van der Waals surface area contributed by atoms with Gasteiger partial charge in [-0.25, -0.2) is 4.39 Å². The summed E-state index contributed by atoms with van der Waals surface area (Å²) in [6.07, 6.45) is 2.38. The van der Waals surface area contributed by atoms with E-state index in [1.54, 1.807) is 43.3 Å². The maximum absolute atomic E-state index is 14.0. The molecule has 1 amide bonds. The van der Waals surface area contributed by atoms with Crippen LogP contribution >= 0.6 is 0 Å². The lowest BCUT2D eigenvalue weighted by atomic mass is 10.1. The zero-order chi connectivity index (χ0) is 20.2. The Morgan fingerprint density at radius 3 is 2.38 bits per heavy atom. The third-order valence-electron chi connectivity index (χ3n) is 5.16. The fourth-order valence-corrected chi connectivity index (χ4v) is 3.35. The lowest BCUT2D eigenvalue weighted by Gasteiger charge is -2.23. The molecule has 0 heterocycles. The Bertz CT molecular complexity index is 961. The van der Waals surface area contributed by atoms with Crippen LogP contribution in [0.3, 0.4) is 0 Å². The Kier molecular flexibility index (Phi) is 5.61. The number of hydrogen-bond donors (Lipinski definition) is 0. The van der Waals surface area contributed by atoms with Crippen molar-refractivity contribution >= 4 is 5.91 Å². The van der Waals surface area contributed by atoms with Crippen molar-refractivity contribution in [2.45, 2.75) is 26.3 Å². The van der Waals surface area contributed by atoms with E-state index in [-0.39, 0.29) is 11.7 Å². The normalized spacial score (nSPS) is 13.2. The fourth-order valence-electron chi connectivity index (χ4n) is 3.35. The van der Waals surface area contributed by atoms with Gasteiger partial charge in [-0.05, 0) is 67.1 Å². The second kappa shape index (κ2) is 8.48. The molecule has 0 radical (unpaired) electrons.